The summed E-state index contributed by atoms with van der Waals surface area (Å²) in [5.41, 5.74) is 0.282. The third-order valence-electron chi connectivity index (χ3n) is 4.82. The van der Waals surface area contributed by atoms with Crippen molar-refractivity contribution in [3.8, 4) is 0 Å². The molecule has 0 spiro atoms. The Morgan fingerprint density at radius 1 is 1.33 bits per heavy atom. The Labute approximate surface area is 175 Å². The number of aliphatic hydroxyl groups excluding tert-OH is 2. The smallest absolute Gasteiger partial charge is 0.350 e. The number of aromatic nitrogens is 4. The van der Waals surface area contributed by atoms with Gasteiger partial charge in [0.05, 0.1) is 30.8 Å². The van der Waals surface area contributed by atoms with Crippen LogP contribution in [-0.4, -0.2) is 90.3 Å². The SMILES string of the molecule is O=P(O)(O)COC[C@H]1O[C@@H](n2ncc3c(N[C@@H]4CCOC4)nc(Cl)nc32)[C@H](O)[C@@H]1O. The number of nitrogens with one attached hydrogen (secondary N) is 1. The Morgan fingerprint density at radius 3 is 2.83 bits per heavy atom. The van der Waals surface area contributed by atoms with E-state index in [1.54, 1.807) is 0 Å². The number of rotatable bonds is 7. The molecule has 5 N–H and O–H groups in total. The minimum Gasteiger partial charge on any atom is -0.387 e. The van der Waals surface area contributed by atoms with Crippen molar-refractivity contribution in [2.45, 2.75) is 37.0 Å². The summed E-state index contributed by atoms with van der Waals surface area (Å²) in [6, 6.07) is 0.0632. The molecule has 0 radical (unpaired) electrons. The lowest BCUT2D eigenvalue weighted by atomic mass is 10.1. The van der Waals surface area contributed by atoms with Gasteiger partial charge in [-0.2, -0.15) is 15.1 Å². The van der Waals surface area contributed by atoms with Gasteiger partial charge in [0.25, 0.3) is 0 Å². The van der Waals surface area contributed by atoms with Crippen LogP contribution >= 0.6 is 19.2 Å². The van der Waals surface area contributed by atoms with Crippen LogP contribution in [0.3, 0.4) is 0 Å². The molecule has 30 heavy (non-hydrogen) atoms. The van der Waals surface area contributed by atoms with Crippen LogP contribution in [0.4, 0.5) is 5.82 Å². The average molecular weight is 466 g/mol. The summed E-state index contributed by atoms with van der Waals surface area (Å²) in [7, 11) is -4.36. The molecule has 0 aliphatic carbocycles. The van der Waals surface area contributed by atoms with E-state index in [4.69, 9.17) is 35.6 Å². The number of aliphatic hydroxyl groups is 2. The molecular weight excluding hydrogens is 445 g/mol. The molecule has 0 amide bonds. The van der Waals surface area contributed by atoms with Crippen molar-refractivity contribution in [1.82, 2.24) is 19.7 Å². The summed E-state index contributed by atoms with van der Waals surface area (Å²) < 4.78 is 28.1. The molecule has 4 heterocycles. The summed E-state index contributed by atoms with van der Waals surface area (Å²) >= 11 is 6.07. The third-order valence-corrected chi connectivity index (χ3v) is 5.50. The van der Waals surface area contributed by atoms with Crippen molar-refractivity contribution in [2.24, 2.45) is 0 Å². The quantitative estimate of drug-likeness (QED) is 0.260. The van der Waals surface area contributed by atoms with Gasteiger partial charge in [0, 0.05) is 6.61 Å². The molecule has 0 saturated carbocycles. The van der Waals surface area contributed by atoms with Gasteiger partial charge in [0.15, 0.2) is 11.9 Å². The van der Waals surface area contributed by atoms with Gasteiger partial charge in [-0.05, 0) is 18.0 Å². The van der Waals surface area contributed by atoms with E-state index in [0.717, 1.165) is 6.42 Å². The molecule has 0 unspecified atom stereocenters. The molecule has 2 fully saturated rings. The maximum atomic E-state index is 10.9. The summed E-state index contributed by atoms with van der Waals surface area (Å²) in [6.07, 6.45) is -3.42. The predicted molar refractivity (Wildman–Crippen MR) is 102 cm³/mol. The van der Waals surface area contributed by atoms with Gasteiger partial charge in [-0.15, -0.1) is 0 Å². The molecule has 166 valence electrons. The Morgan fingerprint density at radius 2 is 2.13 bits per heavy atom. The lowest BCUT2D eigenvalue weighted by Gasteiger charge is -2.16. The lowest BCUT2D eigenvalue weighted by molar-refractivity contribution is -0.0658. The van der Waals surface area contributed by atoms with Crippen LogP contribution in [0.15, 0.2) is 6.20 Å². The van der Waals surface area contributed by atoms with Crippen LogP contribution in [0.25, 0.3) is 11.0 Å². The largest absolute Gasteiger partial charge is 0.387 e. The summed E-state index contributed by atoms with van der Waals surface area (Å²) in [6.45, 7) is 0.845. The monoisotopic (exact) mass is 465 g/mol. The highest BCUT2D eigenvalue weighted by molar-refractivity contribution is 7.51. The second kappa shape index (κ2) is 8.61. The van der Waals surface area contributed by atoms with Crippen LogP contribution in [0.1, 0.15) is 12.6 Å². The van der Waals surface area contributed by atoms with Crippen LogP contribution < -0.4 is 5.32 Å². The molecular formula is C15H21ClN5O8P. The second-order valence-electron chi connectivity index (χ2n) is 7.08. The van der Waals surface area contributed by atoms with Crippen molar-refractivity contribution in [2.75, 3.05) is 31.5 Å². The first-order chi connectivity index (χ1) is 14.2. The van der Waals surface area contributed by atoms with E-state index in [2.05, 4.69) is 20.4 Å². The normalized spacial score (nSPS) is 29.7. The molecule has 4 rings (SSSR count). The molecule has 5 atom stereocenters. The molecule has 2 aromatic heterocycles. The Kier molecular flexibility index (Phi) is 6.26. The first-order valence-corrected chi connectivity index (χ1v) is 11.3. The van der Waals surface area contributed by atoms with Crippen LogP contribution in [-0.2, 0) is 18.8 Å². The summed E-state index contributed by atoms with van der Waals surface area (Å²) in [5.74, 6) is 0.460. The van der Waals surface area contributed by atoms with E-state index >= 15 is 0 Å². The fraction of sp³-hybridized carbons (Fsp3) is 0.667. The van der Waals surface area contributed by atoms with Gasteiger partial charge in [0.2, 0.25) is 5.28 Å². The fourth-order valence-electron chi connectivity index (χ4n) is 3.39. The van der Waals surface area contributed by atoms with Crippen molar-refractivity contribution < 1.29 is 38.8 Å². The van der Waals surface area contributed by atoms with E-state index in [1.165, 1.54) is 10.9 Å². The van der Waals surface area contributed by atoms with Gasteiger partial charge in [0.1, 0.15) is 30.5 Å². The molecule has 2 aromatic rings. The first kappa shape index (κ1) is 21.8. The van der Waals surface area contributed by atoms with Gasteiger partial charge >= 0.3 is 7.60 Å². The predicted octanol–water partition coefficient (Wildman–Crippen LogP) is -0.549. The second-order valence-corrected chi connectivity index (χ2v) is 9.01. The van der Waals surface area contributed by atoms with Crippen molar-refractivity contribution in [1.29, 1.82) is 0 Å². The number of nitrogens with zero attached hydrogens (tertiary/aromatic N) is 4. The first-order valence-electron chi connectivity index (χ1n) is 9.12. The zero-order valence-corrected chi connectivity index (χ0v) is 17.2. The van der Waals surface area contributed by atoms with Gasteiger partial charge in [-0.25, -0.2) is 4.68 Å². The number of anilines is 1. The maximum absolute atomic E-state index is 10.9. The van der Waals surface area contributed by atoms with Gasteiger partial charge in [-0.1, -0.05) is 0 Å². The van der Waals surface area contributed by atoms with Gasteiger partial charge in [-0.3, -0.25) is 4.57 Å². The number of fused-ring (bicyclic) bond motifs is 1. The topological polar surface area (TPSA) is 181 Å². The summed E-state index contributed by atoms with van der Waals surface area (Å²) in [5, 5.41) is 28.6. The van der Waals surface area contributed by atoms with Gasteiger partial charge < -0.3 is 39.5 Å². The maximum Gasteiger partial charge on any atom is 0.350 e. The Hall–Kier alpha value is -1.41. The highest BCUT2D eigenvalue weighted by Crippen LogP contribution is 2.36. The van der Waals surface area contributed by atoms with Crippen LogP contribution in [0, 0.1) is 0 Å². The third kappa shape index (κ3) is 4.59. The highest BCUT2D eigenvalue weighted by atomic mass is 35.5. The number of ether oxygens (including phenoxy) is 3. The van der Waals surface area contributed by atoms with E-state index < -0.39 is 38.5 Å². The molecule has 15 heteroatoms. The summed E-state index contributed by atoms with van der Waals surface area (Å²) in [4.78, 5) is 26.1. The van der Waals surface area contributed by atoms with E-state index in [9.17, 15) is 14.8 Å². The Balaban J connectivity index is 1.55. The standard InChI is InChI=1S/C15H21ClN5O8P/c16-15-19-12(18-7-1-2-27-4-7)8-3-17-21(13(8)20-15)14-11(23)10(22)9(29-14)5-28-6-30(24,25)26/h3,7,9-11,14,22-23H,1-2,4-6H2,(H,18,19,20)(H2,24,25,26)/t7-,9-,10-,11-,14-/m1/s1. The molecule has 0 aromatic carbocycles. The molecule has 0 bridgehead atoms. The number of halogens is 1. The molecule has 2 saturated heterocycles. The molecule has 2 aliphatic heterocycles. The highest BCUT2D eigenvalue weighted by Gasteiger charge is 2.45. The van der Waals surface area contributed by atoms with E-state index in [-0.39, 0.29) is 23.6 Å². The zero-order valence-electron chi connectivity index (χ0n) is 15.5. The lowest BCUT2D eigenvalue weighted by Crippen LogP contribution is -2.34. The van der Waals surface area contributed by atoms with Crippen LogP contribution in [0.5, 0.6) is 0 Å². The average Bonchev–Trinajstić information content (AvgIpc) is 3.37. The molecule has 2 aliphatic rings. The van der Waals surface area contributed by atoms with Crippen molar-refractivity contribution in [3.63, 3.8) is 0 Å². The number of hydrogen-bond acceptors (Lipinski definition) is 10. The fourth-order valence-corrected chi connectivity index (χ4v) is 3.90. The minimum absolute atomic E-state index is 0.0415. The van der Waals surface area contributed by atoms with E-state index in [1.807, 2.05) is 0 Å². The Bertz CT molecular complexity index is 951. The number of hydrogen-bond donors (Lipinski definition) is 5. The zero-order chi connectivity index (χ0) is 21.5. The van der Waals surface area contributed by atoms with Crippen molar-refractivity contribution >= 4 is 36.0 Å². The minimum atomic E-state index is -4.36. The molecule has 13 nitrogen and oxygen atoms in total. The van der Waals surface area contributed by atoms with Crippen LogP contribution in [0.2, 0.25) is 5.28 Å². The van der Waals surface area contributed by atoms with E-state index in [0.29, 0.717) is 24.4 Å². The van der Waals surface area contributed by atoms with Crippen molar-refractivity contribution in [3.05, 3.63) is 11.5 Å².